The number of amides is 1. The summed E-state index contributed by atoms with van der Waals surface area (Å²) in [4.78, 5) is 10.9. The van der Waals surface area contributed by atoms with Gasteiger partial charge in [-0.2, -0.15) is 13.2 Å². The Balaban J connectivity index is 2.40. The van der Waals surface area contributed by atoms with Gasteiger partial charge in [-0.1, -0.05) is 6.07 Å². The maximum atomic E-state index is 13.6. The van der Waals surface area contributed by atoms with Gasteiger partial charge in [0.25, 0.3) is 0 Å². The van der Waals surface area contributed by atoms with Crippen LogP contribution in [0.1, 0.15) is 17.2 Å². The molecule has 18 heavy (non-hydrogen) atoms. The summed E-state index contributed by atoms with van der Waals surface area (Å²) in [6, 6.07) is 2.71. The zero-order valence-corrected chi connectivity index (χ0v) is 9.05. The molecule has 98 valence electrons. The first kappa shape index (κ1) is 12.8. The molecule has 0 aliphatic carbocycles. The summed E-state index contributed by atoms with van der Waals surface area (Å²) in [5, 5.41) is 2.34. The molecule has 1 atom stereocenters. The van der Waals surface area contributed by atoms with E-state index in [2.05, 4.69) is 5.32 Å². The lowest BCUT2D eigenvalue weighted by atomic mass is 10.00. The molecule has 1 amide bonds. The summed E-state index contributed by atoms with van der Waals surface area (Å²) in [5.74, 6) is -1.43. The number of hydrogen-bond acceptors (Lipinski definition) is 2. The highest BCUT2D eigenvalue weighted by Gasteiger charge is 2.38. The van der Waals surface area contributed by atoms with E-state index >= 15 is 0 Å². The van der Waals surface area contributed by atoms with E-state index in [1.54, 1.807) is 0 Å². The topological polar surface area (TPSA) is 38.3 Å². The van der Waals surface area contributed by atoms with Crippen LogP contribution >= 0.6 is 0 Å². The van der Waals surface area contributed by atoms with Gasteiger partial charge in [0.05, 0.1) is 5.56 Å². The second-order valence-electron chi connectivity index (χ2n) is 3.80. The lowest BCUT2D eigenvalue weighted by Gasteiger charge is -2.26. The van der Waals surface area contributed by atoms with Gasteiger partial charge < -0.3 is 10.1 Å². The first-order valence-electron chi connectivity index (χ1n) is 5.13. The highest BCUT2D eigenvalue weighted by atomic mass is 19.4. The monoisotopic (exact) mass is 263 g/mol. The minimum Gasteiger partial charge on any atom is -0.362 e. The van der Waals surface area contributed by atoms with Gasteiger partial charge in [0.15, 0.2) is 0 Å². The summed E-state index contributed by atoms with van der Waals surface area (Å²) in [7, 11) is 0. The van der Waals surface area contributed by atoms with Gasteiger partial charge >= 0.3 is 6.18 Å². The number of hydrogen-bond donors (Lipinski definition) is 1. The van der Waals surface area contributed by atoms with Crippen LogP contribution in [-0.4, -0.2) is 19.1 Å². The number of ether oxygens (including phenoxy) is 1. The molecule has 1 aliphatic heterocycles. The van der Waals surface area contributed by atoms with Crippen LogP contribution in [0.2, 0.25) is 0 Å². The van der Waals surface area contributed by atoms with E-state index in [1.807, 2.05) is 0 Å². The molecule has 0 aromatic heterocycles. The number of halogens is 4. The number of morpholine rings is 1. The molecule has 2 rings (SSSR count). The largest absolute Gasteiger partial charge is 0.416 e. The average Bonchev–Trinajstić information content (AvgIpc) is 2.29. The van der Waals surface area contributed by atoms with E-state index < -0.39 is 35.1 Å². The van der Waals surface area contributed by atoms with E-state index in [4.69, 9.17) is 4.74 Å². The molecule has 0 spiro atoms. The van der Waals surface area contributed by atoms with Crippen molar-refractivity contribution in [1.82, 2.24) is 5.32 Å². The van der Waals surface area contributed by atoms with Gasteiger partial charge in [-0.25, -0.2) is 4.39 Å². The third-order valence-corrected chi connectivity index (χ3v) is 2.58. The first-order valence-corrected chi connectivity index (χ1v) is 5.13. The fraction of sp³-hybridized carbons (Fsp3) is 0.364. The van der Waals surface area contributed by atoms with Crippen LogP contribution in [0.25, 0.3) is 0 Å². The van der Waals surface area contributed by atoms with Gasteiger partial charge in [-0.3, -0.25) is 4.79 Å². The minimum absolute atomic E-state index is 0.178. The summed E-state index contributed by atoms with van der Waals surface area (Å²) in [6.07, 6.45) is -5.79. The molecule has 1 fully saturated rings. The molecule has 1 saturated heterocycles. The van der Waals surface area contributed by atoms with Gasteiger partial charge in [0, 0.05) is 12.1 Å². The van der Waals surface area contributed by atoms with Crippen LogP contribution in [0.15, 0.2) is 18.2 Å². The molecule has 3 nitrogen and oxygen atoms in total. The number of rotatable bonds is 1. The van der Waals surface area contributed by atoms with Crippen LogP contribution in [0.5, 0.6) is 0 Å². The molecular weight excluding hydrogens is 254 g/mol. The van der Waals surface area contributed by atoms with Crippen LogP contribution in [0.4, 0.5) is 17.6 Å². The number of alkyl halides is 3. The Morgan fingerprint density at radius 1 is 1.33 bits per heavy atom. The number of nitrogens with one attached hydrogen (secondary N) is 1. The van der Waals surface area contributed by atoms with Gasteiger partial charge in [-0.05, 0) is 12.1 Å². The molecule has 0 unspecified atom stereocenters. The second kappa shape index (κ2) is 4.56. The third kappa shape index (κ3) is 2.45. The standard InChI is InChI=1S/C11H9F4NO2/c12-7-3-1-2-6(11(13,14)15)10(7)8-4-16-9(17)5-18-8/h1-3,8H,4-5H2,(H,16,17)/t8-/m1/s1. The lowest BCUT2D eigenvalue weighted by molar-refractivity contribution is -0.141. The maximum absolute atomic E-state index is 13.6. The Bertz CT molecular complexity index is 463. The number of carbonyl (C=O) groups excluding carboxylic acids is 1. The molecule has 1 aliphatic rings. The number of carbonyl (C=O) groups is 1. The molecule has 0 radical (unpaired) electrons. The summed E-state index contributed by atoms with van der Waals surface area (Å²) in [5.41, 5.74) is -1.64. The van der Waals surface area contributed by atoms with Gasteiger partial charge in [0.2, 0.25) is 5.91 Å². The fourth-order valence-electron chi connectivity index (χ4n) is 1.79. The Morgan fingerprint density at radius 2 is 2.06 bits per heavy atom. The van der Waals surface area contributed by atoms with Crippen molar-refractivity contribution in [3.05, 3.63) is 35.1 Å². The third-order valence-electron chi connectivity index (χ3n) is 2.58. The molecule has 7 heteroatoms. The van der Waals surface area contributed by atoms with Crippen molar-refractivity contribution < 1.29 is 27.1 Å². The Labute approximate surface area is 99.7 Å². The summed E-state index contributed by atoms with van der Waals surface area (Å²) in [6.45, 7) is -0.556. The van der Waals surface area contributed by atoms with E-state index in [-0.39, 0.29) is 13.2 Å². The van der Waals surface area contributed by atoms with Crippen molar-refractivity contribution in [2.24, 2.45) is 0 Å². The van der Waals surface area contributed by atoms with Crippen molar-refractivity contribution in [3.63, 3.8) is 0 Å². The molecular formula is C11H9F4NO2. The van der Waals surface area contributed by atoms with E-state index in [9.17, 15) is 22.4 Å². The van der Waals surface area contributed by atoms with Crippen LogP contribution in [0.3, 0.4) is 0 Å². The van der Waals surface area contributed by atoms with Crippen LogP contribution in [-0.2, 0) is 15.7 Å². The van der Waals surface area contributed by atoms with E-state index in [0.717, 1.165) is 18.2 Å². The number of benzene rings is 1. The highest BCUT2D eigenvalue weighted by molar-refractivity contribution is 5.77. The molecule has 1 heterocycles. The van der Waals surface area contributed by atoms with Crippen molar-refractivity contribution in [1.29, 1.82) is 0 Å². The summed E-state index contributed by atoms with van der Waals surface area (Å²) < 4.78 is 56.8. The van der Waals surface area contributed by atoms with E-state index in [0.29, 0.717) is 0 Å². The van der Waals surface area contributed by atoms with E-state index in [1.165, 1.54) is 0 Å². The van der Waals surface area contributed by atoms with Crippen LogP contribution in [0, 0.1) is 5.82 Å². The van der Waals surface area contributed by atoms with Gasteiger partial charge in [-0.15, -0.1) is 0 Å². The van der Waals surface area contributed by atoms with Crippen molar-refractivity contribution in [2.75, 3.05) is 13.2 Å². The van der Waals surface area contributed by atoms with Crippen LogP contribution < -0.4 is 5.32 Å². The molecule has 0 saturated carbocycles. The Morgan fingerprint density at radius 3 is 2.61 bits per heavy atom. The highest BCUT2D eigenvalue weighted by Crippen LogP contribution is 2.37. The lowest BCUT2D eigenvalue weighted by Crippen LogP contribution is -2.39. The molecule has 1 aromatic carbocycles. The van der Waals surface area contributed by atoms with Crippen molar-refractivity contribution in [3.8, 4) is 0 Å². The Hall–Kier alpha value is -1.63. The van der Waals surface area contributed by atoms with Gasteiger partial charge in [0.1, 0.15) is 18.5 Å². The average molecular weight is 263 g/mol. The van der Waals surface area contributed by atoms with Crippen molar-refractivity contribution >= 4 is 5.91 Å². The predicted octanol–water partition coefficient (Wildman–Crippen LogP) is 2.03. The SMILES string of the molecule is O=C1CO[C@@H](c2c(F)cccc2C(F)(F)F)CN1. The second-order valence-corrected chi connectivity index (χ2v) is 3.80. The summed E-state index contributed by atoms with van der Waals surface area (Å²) >= 11 is 0. The fourth-order valence-corrected chi connectivity index (χ4v) is 1.79. The smallest absolute Gasteiger partial charge is 0.362 e. The maximum Gasteiger partial charge on any atom is 0.416 e. The zero-order valence-electron chi connectivity index (χ0n) is 9.05. The van der Waals surface area contributed by atoms with Crippen molar-refractivity contribution in [2.45, 2.75) is 12.3 Å². The predicted molar refractivity (Wildman–Crippen MR) is 53.1 cm³/mol. The quantitative estimate of drug-likeness (QED) is 0.787. The minimum atomic E-state index is -4.66. The first-order chi connectivity index (χ1) is 8.39. The zero-order chi connectivity index (χ0) is 13.3. The molecule has 1 N–H and O–H groups in total. The Kier molecular flexibility index (Phi) is 3.25. The molecule has 1 aromatic rings. The molecule has 0 bridgehead atoms. The normalized spacial score (nSPS) is 20.7.